The molecule has 0 atom stereocenters. The van der Waals surface area contributed by atoms with Crippen LogP contribution >= 0.6 is 11.6 Å². The monoisotopic (exact) mass is 356 g/mol. The number of hydrogen-bond acceptors (Lipinski definition) is 5. The van der Waals surface area contributed by atoms with Crippen molar-refractivity contribution in [1.29, 1.82) is 0 Å². The number of hydrogen-bond donors (Lipinski definition) is 0. The van der Waals surface area contributed by atoms with Gasteiger partial charge in [-0.2, -0.15) is 0 Å². The number of halogens is 1. The fraction of sp³-hybridized carbons (Fsp3) is 0. The molecule has 3 aromatic rings. The summed E-state index contributed by atoms with van der Waals surface area (Å²) in [6.07, 6.45) is 1.01. The zero-order valence-corrected chi connectivity index (χ0v) is 12.2. The molecule has 2 aromatic heterocycles. The molecule has 100 valence electrons. The Morgan fingerprint density at radius 1 is 1.35 bits per heavy atom. The molecular weight excluding hydrogens is 351 g/mol. The third-order valence-corrected chi connectivity index (χ3v) is 5.04. The zero-order valence-electron chi connectivity index (χ0n) is 9.69. The maximum absolute atomic E-state index is 12.3. The Balaban J connectivity index is 2.36. The molecule has 0 fully saturated rings. The maximum atomic E-state index is 12.3. The van der Waals surface area contributed by atoms with Gasteiger partial charge in [-0.1, -0.05) is 0 Å². The van der Waals surface area contributed by atoms with Crippen molar-refractivity contribution in [3.05, 3.63) is 56.2 Å². The Kier molecular flexibility index (Phi) is 3.13. The minimum absolute atomic E-state index is 0.0591. The first kappa shape index (κ1) is 13.0. The van der Waals surface area contributed by atoms with E-state index in [1.807, 2.05) is 12.1 Å². The van der Waals surface area contributed by atoms with Crippen LogP contribution in [0.1, 0.15) is 0 Å². The van der Waals surface area contributed by atoms with E-state index in [4.69, 9.17) is 11.6 Å². The van der Waals surface area contributed by atoms with Crippen molar-refractivity contribution in [2.75, 3.05) is 0 Å². The molecule has 9 heteroatoms. The number of nitro groups is 1. The molecule has 0 aliphatic rings. The quantitative estimate of drug-likeness (QED) is 0.300. The number of benzene rings is 1. The molecule has 2 heterocycles. The molecule has 0 radical (unpaired) electrons. The number of fused-ring (bicyclic) bond motifs is 1. The van der Waals surface area contributed by atoms with E-state index in [9.17, 15) is 14.9 Å². The van der Waals surface area contributed by atoms with Gasteiger partial charge < -0.3 is 0 Å². The standard InChI is InChI=1S/C11H5ClN4O3Se/c12-11-13-5-7(16(18)19)9(14-11)15-10(17)6-3-1-2-4-8(6)20-15/h1-5H. The summed E-state index contributed by atoms with van der Waals surface area (Å²) in [7, 11) is 0. The molecule has 0 saturated carbocycles. The van der Waals surface area contributed by atoms with E-state index in [2.05, 4.69) is 9.97 Å². The van der Waals surface area contributed by atoms with Crippen molar-refractivity contribution in [2.45, 2.75) is 0 Å². The molecule has 7 nitrogen and oxygen atoms in total. The Morgan fingerprint density at radius 3 is 2.80 bits per heavy atom. The van der Waals surface area contributed by atoms with Crippen LogP contribution in [0.4, 0.5) is 5.69 Å². The van der Waals surface area contributed by atoms with E-state index in [-0.39, 0.29) is 22.3 Å². The van der Waals surface area contributed by atoms with Gasteiger partial charge in [0.2, 0.25) is 0 Å². The Labute approximate surface area is 122 Å². The van der Waals surface area contributed by atoms with Gasteiger partial charge in [-0.25, -0.2) is 0 Å². The van der Waals surface area contributed by atoms with E-state index < -0.39 is 19.7 Å². The number of aromatic nitrogens is 3. The van der Waals surface area contributed by atoms with Gasteiger partial charge in [0.25, 0.3) is 0 Å². The van der Waals surface area contributed by atoms with Crippen molar-refractivity contribution < 1.29 is 4.92 Å². The first-order valence-corrected chi connectivity index (χ1v) is 7.36. The molecule has 0 saturated heterocycles. The molecule has 0 unspecified atom stereocenters. The molecule has 3 rings (SSSR count). The summed E-state index contributed by atoms with van der Waals surface area (Å²) >= 11 is 5.28. The summed E-state index contributed by atoms with van der Waals surface area (Å²) in [4.78, 5) is 30.1. The second-order valence-electron chi connectivity index (χ2n) is 3.79. The predicted molar refractivity (Wildman–Crippen MR) is 73.7 cm³/mol. The second-order valence-corrected chi connectivity index (χ2v) is 6.20. The average Bonchev–Trinajstić information content (AvgIpc) is 2.76. The molecule has 0 aliphatic heterocycles. The summed E-state index contributed by atoms with van der Waals surface area (Å²) in [6, 6.07) is 7.08. The topological polar surface area (TPSA) is 90.9 Å². The van der Waals surface area contributed by atoms with Crippen molar-refractivity contribution in [3.63, 3.8) is 0 Å². The van der Waals surface area contributed by atoms with Gasteiger partial charge in [0, 0.05) is 0 Å². The van der Waals surface area contributed by atoms with Gasteiger partial charge in [0.1, 0.15) is 0 Å². The number of rotatable bonds is 2. The first-order valence-electron chi connectivity index (χ1n) is 5.36. The van der Waals surface area contributed by atoms with Crippen LogP contribution in [0.15, 0.2) is 35.3 Å². The van der Waals surface area contributed by atoms with Crippen LogP contribution in [0.5, 0.6) is 0 Å². The molecule has 0 N–H and O–H groups in total. The molecule has 1 aromatic carbocycles. The minimum atomic E-state index is -0.627. The van der Waals surface area contributed by atoms with Crippen LogP contribution < -0.4 is 5.56 Å². The average molecular weight is 356 g/mol. The fourth-order valence-electron chi connectivity index (χ4n) is 1.74. The number of nitrogens with zero attached hydrogens (tertiary/aromatic N) is 4. The Bertz CT molecular complexity index is 889. The van der Waals surface area contributed by atoms with Crippen LogP contribution in [0, 0.1) is 10.1 Å². The summed E-state index contributed by atoms with van der Waals surface area (Å²) in [5.74, 6) is -0.0591. The first-order chi connectivity index (χ1) is 9.58. The van der Waals surface area contributed by atoms with Crippen molar-refractivity contribution >= 4 is 41.7 Å². The van der Waals surface area contributed by atoms with Crippen LogP contribution in [0.2, 0.25) is 5.28 Å². The Morgan fingerprint density at radius 2 is 2.10 bits per heavy atom. The van der Waals surface area contributed by atoms with Gasteiger partial charge in [0.15, 0.2) is 0 Å². The molecule has 20 heavy (non-hydrogen) atoms. The summed E-state index contributed by atoms with van der Waals surface area (Å²) < 4.78 is 2.15. The summed E-state index contributed by atoms with van der Waals surface area (Å²) in [6.45, 7) is 0. The van der Waals surface area contributed by atoms with E-state index in [0.29, 0.717) is 5.39 Å². The molecule has 0 spiro atoms. The van der Waals surface area contributed by atoms with E-state index >= 15 is 0 Å². The molecule has 0 bridgehead atoms. The van der Waals surface area contributed by atoms with Gasteiger partial charge in [-0.15, -0.1) is 0 Å². The van der Waals surface area contributed by atoms with E-state index in [1.54, 1.807) is 12.1 Å². The van der Waals surface area contributed by atoms with Gasteiger partial charge in [-0.05, 0) is 0 Å². The second kappa shape index (κ2) is 4.82. The molecule has 0 aliphatic carbocycles. The van der Waals surface area contributed by atoms with E-state index in [0.717, 1.165) is 10.5 Å². The van der Waals surface area contributed by atoms with Gasteiger partial charge >= 0.3 is 122 Å². The van der Waals surface area contributed by atoms with Crippen molar-refractivity contribution in [2.24, 2.45) is 0 Å². The SMILES string of the molecule is O=c1c2ccccc2[se]n1-c1nc(Cl)ncc1[N+](=O)[O-]. The fourth-order valence-corrected chi connectivity index (χ4v) is 3.95. The van der Waals surface area contributed by atoms with Gasteiger partial charge in [-0.3, -0.25) is 0 Å². The van der Waals surface area contributed by atoms with Crippen molar-refractivity contribution in [1.82, 2.24) is 13.5 Å². The summed E-state index contributed by atoms with van der Waals surface area (Å²) in [5, 5.41) is 11.4. The predicted octanol–water partition coefficient (Wildman–Crippen LogP) is 1.40. The summed E-state index contributed by atoms with van der Waals surface area (Å²) in [5.41, 5.74) is -0.643. The van der Waals surface area contributed by atoms with Crippen molar-refractivity contribution in [3.8, 4) is 5.82 Å². The normalized spacial score (nSPS) is 10.8. The van der Waals surface area contributed by atoms with Crippen LogP contribution in [-0.4, -0.2) is 33.2 Å². The Hall–Kier alpha value is -2.02. The van der Waals surface area contributed by atoms with Crippen LogP contribution in [0.25, 0.3) is 15.5 Å². The zero-order chi connectivity index (χ0) is 14.3. The van der Waals surface area contributed by atoms with Crippen LogP contribution in [-0.2, 0) is 0 Å². The van der Waals surface area contributed by atoms with E-state index in [1.165, 1.54) is 3.56 Å². The van der Waals surface area contributed by atoms with Crippen LogP contribution in [0.3, 0.4) is 0 Å². The third kappa shape index (κ3) is 2.03. The molecule has 0 amide bonds. The van der Waals surface area contributed by atoms with Gasteiger partial charge in [0.05, 0.1) is 0 Å². The molecular formula is C11H5ClN4O3Se. The third-order valence-electron chi connectivity index (χ3n) is 2.60.